The number of rotatable bonds is 4. The highest BCUT2D eigenvalue weighted by Gasteiger charge is 2.36. The second-order valence-electron chi connectivity index (χ2n) is 4.04. The van der Waals surface area contributed by atoms with Gasteiger partial charge in [-0.25, -0.2) is 14.8 Å². The Hall–Kier alpha value is -2.17. The van der Waals surface area contributed by atoms with Gasteiger partial charge in [0.1, 0.15) is 10.8 Å². The summed E-state index contributed by atoms with van der Waals surface area (Å²) in [5, 5.41) is 10.1. The number of nitrogens with one attached hydrogen (secondary N) is 2. The molecule has 0 radical (unpaired) electrons. The fraction of sp³-hybridized carbons (Fsp3) is 0.400. The van der Waals surface area contributed by atoms with E-state index in [0.717, 1.165) is 5.01 Å². The molecule has 0 aliphatic carbocycles. The smallest absolute Gasteiger partial charge is 0.331 e. The van der Waals surface area contributed by atoms with E-state index in [4.69, 9.17) is 0 Å². The summed E-state index contributed by atoms with van der Waals surface area (Å²) in [4.78, 5) is 20.4. The molecule has 0 aliphatic heterocycles. The Kier molecular flexibility index (Phi) is 4.40. The fourth-order valence-corrected chi connectivity index (χ4v) is 2.07. The number of urea groups is 1. The molecule has 0 aromatic carbocycles. The maximum absolute atomic E-state index is 12.3. The zero-order valence-corrected chi connectivity index (χ0v) is 11.6. The van der Waals surface area contributed by atoms with Crippen molar-refractivity contribution < 1.29 is 18.0 Å². The number of H-pyrrole nitrogens is 1. The molecule has 7 nitrogen and oxygen atoms in total. The molecule has 0 fully saturated rings. The Labute approximate surface area is 121 Å². The minimum Gasteiger partial charge on any atom is -0.331 e. The Morgan fingerprint density at radius 1 is 1.52 bits per heavy atom. The monoisotopic (exact) mass is 320 g/mol. The number of halogens is 3. The van der Waals surface area contributed by atoms with Crippen LogP contribution >= 0.6 is 11.3 Å². The SMILES string of the molecule is CN(Cc1nccs1)C(=O)NCc1nc(C(F)(F)F)n[nH]1. The quantitative estimate of drug-likeness (QED) is 0.896. The second kappa shape index (κ2) is 6.08. The molecule has 2 aromatic heterocycles. The largest absolute Gasteiger partial charge is 0.453 e. The number of aromatic nitrogens is 4. The molecule has 0 saturated heterocycles. The van der Waals surface area contributed by atoms with E-state index >= 15 is 0 Å². The molecule has 0 spiro atoms. The Morgan fingerprint density at radius 2 is 2.29 bits per heavy atom. The van der Waals surface area contributed by atoms with Crippen molar-refractivity contribution in [3.05, 3.63) is 28.2 Å². The summed E-state index contributed by atoms with van der Waals surface area (Å²) in [7, 11) is 1.55. The fourth-order valence-electron chi connectivity index (χ4n) is 1.40. The highest BCUT2D eigenvalue weighted by molar-refractivity contribution is 7.09. The minimum absolute atomic E-state index is 0.0710. The summed E-state index contributed by atoms with van der Waals surface area (Å²) in [5.74, 6) is -1.33. The number of hydrogen-bond donors (Lipinski definition) is 2. The highest BCUT2D eigenvalue weighted by Crippen LogP contribution is 2.25. The molecule has 0 unspecified atom stereocenters. The maximum Gasteiger partial charge on any atom is 0.453 e. The van der Waals surface area contributed by atoms with Gasteiger partial charge in [-0.15, -0.1) is 16.4 Å². The number of nitrogens with zero attached hydrogens (tertiary/aromatic N) is 4. The summed E-state index contributed by atoms with van der Waals surface area (Å²) >= 11 is 1.40. The van der Waals surface area contributed by atoms with Crippen molar-refractivity contribution in [2.75, 3.05) is 7.05 Å². The first-order valence-electron chi connectivity index (χ1n) is 5.72. The van der Waals surface area contributed by atoms with Crippen molar-refractivity contribution in [3.63, 3.8) is 0 Å². The summed E-state index contributed by atoms with van der Waals surface area (Å²) < 4.78 is 36.9. The molecule has 2 aromatic rings. The number of hydrogen-bond acceptors (Lipinski definition) is 5. The Balaban J connectivity index is 1.84. The van der Waals surface area contributed by atoms with Gasteiger partial charge in [0.15, 0.2) is 0 Å². The molecule has 0 atom stereocenters. The third-order valence-corrected chi connectivity index (χ3v) is 3.16. The van der Waals surface area contributed by atoms with Crippen LogP contribution in [0.4, 0.5) is 18.0 Å². The van der Waals surface area contributed by atoms with Crippen LogP contribution in [0, 0.1) is 0 Å². The van der Waals surface area contributed by atoms with Gasteiger partial charge in [0, 0.05) is 18.6 Å². The lowest BCUT2D eigenvalue weighted by molar-refractivity contribution is -0.144. The first-order chi connectivity index (χ1) is 9.86. The van der Waals surface area contributed by atoms with Crippen LogP contribution in [0.5, 0.6) is 0 Å². The molecule has 2 N–H and O–H groups in total. The average Bonchev–Trinajstić information content (AvgIpc) is 3.05. The molecule has 2 rings (SSSR count). The van der Waals surface area contributed by atoms with Gasteiger partial charge in [0.2, 0.25) is 0 Å². The summed E-state index contributed by atoms with van der Waals surface area (Å²) in [6.45, 7) is 0.137. The van der Waals surface area contributed by atoms with Gasteiger partial charge in [0.05, 0.1) is 13.1 Å². The van der Waals surface area contributed by atoms with Crippen LogP contribution in [0.1, 0.15) is 16.7 Å². The van der Waals surface area contributed by atoms with E-state index in [9.17, 15) is 18.0 Å². The van der Waals surface area contributed by atoms with E-state index < -0.39 is 18.0 Å². The average molecular weight is 320 g/mol. The number of aromatic amines is 1. The number of amides is 2. The van der Waals surface area contributed by atoms with Crippen molar-refractivity contribution in [2.45, 2.75) is 19.3 Å². The van der Waals surface area contributed by atoms with Gasteiger partial charge in [-0.05, 0) is 0 Å². The normalized spacial score (nSPS) is 11.4. The summed E-state index contributed by atoms with van der Waals surface area (Å²) in [6.07, 6.45) is -2.99. The third-order valence-electron chi connectivity index (χ3n) is 2.39. The van der Waals surface area contributed by atoms with Crippen LogP contribution in [-0.2, 0) is 19.3 Å². The number of thiazole rings is 1. The standard InChI is InChI=1S/C10H11F3N6OS/c1-19(5-7-14-2-3-21-7)9(20)15-4-6-16-8(18-17-6)10(11,12)13/h2-3H,4-5H2,1H3,(H,15,20)(H,16,17,18). The molecule has 2 amide bonds. The van der Waals surface area contributed by atoms with Gasteiger partial charge in [-0.2, -0.15) is 13.2 Å². The Bertz CT molecular complexity index is 596. The molecule has 114 valence electrons. The number of carbonyl (C=O) groups is 1. The van der Waals surface area contributed by atoms with Gasteiger partial charge < -0.3 is 10.2 Å². The van der Waals surface area contributed by atoms with Gasteiger partial charge >= 0.3 is 12.2 Å². The van der Waals surface area contributed by atoms with E-state index in [-0.39, 0.29) is 12.4 Å². The predicted octanol–water partition coefficient (Wildman–Crippen LogP) is 1.62. The zero-order chi connectivity index (χ0) is 15.5. The highest BCUT2D eigenvalue weighted by atomic mass is 32.1. The Morgan fingerprint density at radius 3 is 2.86 bits per heavy atom. The van der Waals surface area contributed by atoms with Crippen LogP contribution < -0.4 is 5.32 Å². The van der Waals surface area contributed by atoms with E-state index in [1.807, 2.05) is 0 Å². The van der Waals surface area contributed by atoms with Crippen molar-refractivity contribution in [3.8, 4) is 0 Å². The lowest BCUT2D eigenvalue weighted by Crippen LogP contribution is -2.36. The first kappa shape index (κ1) is 15.2. The third kappa shape index (κ3) is 4.15. The van der Waals surface area contributed by atoms with Crippen LogP contribution in [-0.4, -0.2) is 38.1 Å². The molecule has 21 heavy (non-hydrogen) atoms. The van der Waals surface area contributed by atoms with E-state index in [1.165, 1.54) is 16.2 Å². The number of alkyl halides is 3. The molecule has 0 saturated carbocycles. The molecule has 0 aliphatic rings. The second-order valence-corrected chi connectivity index (χ2v) is 5.02. The molecule has 11 heteroatoms. The molecule has 2 heterocycles. The van der Waals surface area contributed by atoms with Gasteiger partial charge in [-0.1, -0.05) is 0 Å². The van der Waals surface area contributed by atoms with Crippen molar-refractivity contribution in [2.24, 2.45) is 0 Å². The lowest BCUT2D eigenvalue weighted by atomic mass is 10.5. The topological polar surface area (TPSA) is 86.8 Å². The van der Waals surface area contributed by atoms with Crippen molar-refractivity contribution >= 4 is 17.4 Å². The maximum atomic E-state index is 12.3. The minimum atomic E-state index is -4.61. The van der Waals surface area contributed by atoms with E-state index in [1.54, 1.807) is 18.6 Å². The van der Waals surface area contributed by atoms with Crippen molar-refractivity contribution in [1.82, 2.24) is 30.4 Å². The van der Waals surface area contributed by atoms with Crippen LogP contribution in [0.15, 0.2) is 11.6 Å². The zero-order valence-electron chi connectivity index (χ0n) is 10.8. The molecular weight excluding hydrogens is 309 g/mol. The van der Waals surface area contributed by atoms with Crippen LogP contribution in [0.25, 0.3) is 0 Å². The van der Waals surface area contributed by atoms with Gasteiger partial charge in [0.25, 0.3) is 5.82 Å². The summed E-state index contributed by atoms with van der Waals surface area (Å²) in [6, 6.07) is -0.449. The molecular formula is C10H11F3N6OS. The lowest BCUT2D eigenvalue weighted by Gasteiger charge is -2.15. The van der Waals surface area contributed by atoms with Gasteiger partial charge in [-0.3, -0.25) is 5.10 Å². The first-order valence-corrected chi connectivity index (χ1v) is 6.60. The van der Waals surface area contributed by atoms with Crippen LogP contribution in [0.2, 0.25) is 0 Å². The predicted molar refractivity (Wildman–Crippen MR) is 67.2 cm³/mol. The molecule has 0 bridgehead atoms. The van der Waals surface area contributed by atoms with Crippen LogP contribution in [0.3, 0.4) is 0 Å². The van der Waals surface area contributed by atoms with E-state index in [0.29, 0.717) is 6.54 Å². The number of carbonyl (C=O) groups excluding carboxylic acids is 1. The summed E-state index contributed by atoms with van der Waals surface area (Å²) in [5.41, 5.74) is 0. The van der Waals surface area contributed by atoms with Crippen molar-refractivity contribution in [1.29, 1.82) is 0 Å². The van der Waals surface area contributed by atoms with E-state index in [2.05, 4.69) is 25.5 Å².